The second-order valence-corrected chi connectivity index (χ2v) is 4.25. The van der Waals surface area contributed by atoms with Crippen LogP contribution in [0.1, 0.15) is 43.5 Å². The molecule has 16 heavy (non-hydrogen) atoms. The Morgan fingerprint density at radius 1 is 1.62 bits per heavy atom. The fraction of sp³-hybridized carbons (Fsp3) is 0.615. The van der Waals surface area contributed by atoms with Crippen LogP contribution < -0.4 is 5.32 Å². The van der Waals surface area contributed by atoms with E-state index in [1.807, 2.05) is 24.9 Å². The number of aromatic nitrogens is 2. The maximum Gasteiger partial charge on any atom is 0.0540 e. The number of nitrogens with one attached hydrogen (secondary N) is 1. The van der Waals surface area contributed by atoms with Gasteiger partial charge >= 0.3 is 0 Å². The molecule has 3 nitrogen and oxygen atoms in total. The SMILES string of the molecule is CC#CCCNC1CCCc2c1cnn2C. The highest BCUT2D eigenvalue weighted by atomic mass is 15.3. The predicted molar refractivity (Wildman–Crippen MR) is 65.0 cm³/mol. The summed E-state index contributed by atoms with van der Waals surface area (Å²) >= 11 is 0. The molecule has 0 aromatic carbocycles. The molecular formula is C13H19N3. The van der Waals surface area contributed by atoms with Crippen LogP contribution in [0.2, 0.25) is 0 Å². The molecule has 1 aliphatic rings. The van der Waals surface area contributed by atoms with Gasteiger partial charge in [0, 0.05) is 37.3 Å². The van der Waals surface area contributed by atoms with Gasteiger partial charge in [0.15, 0.2) is 0 Å². The zero-order valence-corrected chi connectivity index (χ0v) is 10.1. The Hall–Kier alpha value is -1.27. The molecule has 0 saturated carbocycles. The van der Waals surface area contributed by atoms with Gasteiger partial charge in [0.05, 0.1) is 6.20 Å². The van der Waals surface area contributed by atoms with Crippen molar-refractivity contribution in [3.63, 3.8) is 0 Å². The van der Waals surface area contributed by atoms with Crippen molar-refractivity contribution in [2.75, 3.05) is 6.54 Å². The lowest BCUT2D eigenvalue weighted by atomic mass is 9.93. The first-order chi connectivity index (χ1) is 7.83. The van der Waals surface area contributed by atoms with Crippen LogP contribution in [-0.2, 0) is 13.5 Å². The summed E-state index contributed by atoms with van der Waals surface area (Å²) < 4.78 is 2.01. The first-order valence-electron chi connectivity index (χ1n) is 5.96. The van der Waals surface area contributed by atoms with Gasteiger partial charge in [-0.05, 0) is 26.2 Å². The fourth-order valence-corrected chi connectivity index (χ4v) is 2.35. The maximum atomic E-state index is 4.34. The number of aryl methyl sites for hydroxylation is 1. The van der Waals surface area contributed by atoms with Gasteiger partial charge in [0.1, 0.15) is 0 Å². The van der Waals surface area contributed by atoms with Crippen molar-refractivity contribution >= 4 is 0 Å². The standard InChI is InChI=1S/C13H19N3/c1-3-4-5-9-14-12-7-6-8-13-11(12)10-15-16(13)2/h10,12,14H,5-9H2,1-2H3. The Labute approximate surface area is 97.2 Å². The van der Waals surface area contributed by atoms with E-state index in [9.17, 15) is 0 Å². The van der Waals surface area contributed by atoms with E-state index in [2.05, 4.69) is 22.3 Å². The molecule has 0 amide bonds. The second-order valence-electron chi connectivity index (χ2n) is 4.25. The lowest BCUT2D eigenvalue weighted by Crippen LogP contribution is -2.25. The fourth-order valence-electron chi connectivity index (χ4n) is 2.35. The van der Waals surface area contributed by atoms with Crippen molar-refractivity contribution in [2.24, 2.45) is 7.05 Å². The summed E-state index contributed by atoms with van der Waals surface area (Å²) in [4.78, 5) is 0. The van der Waals surface area contributed by atoms with E-state index in [0.29, 0.717) is 6.04 Å². The topological polar surface area (TPSA) is 29.9 Å². The minimum Gasteiger partial charge on any atom is -0.309 e. The van der Waals surface area contributed by atoms with Crippen molar-refractivity contribution in [3.8, 4) is 11.8 Å². The van der Waals surface area contributed by atoms with Crippen LogP contribution in [0.15, 0.2) is 6.20 Å². The minimum absolute atomic E-state index is 0.483. The van der Waals surface area contributed by atoms with Gasteiger partial charge in [-0.15, -0.1) is 11.8 Å². The first-order valence-corrected chi connectivity index (χ1v) is 5.96. The van der Waals surface area contributed by atoms with Crippen LogP contribution >= 0.6 is 0 Å². The van der Waals surface area contributed by atoms with Crippen LogP contribution in [0.25, 0.3) is 0 Å². The molecule has 0 bridgehead atoms. The molecule has 1 N–H and O–H groups in total. The molecule has 1 atom stereocenters. The summed E-state index contributed by atoms with van der Waals surface area (Å²) in [7, 11) is 2.03. The highest BCUT2D eigenvalue weighted by molar-refractivity contribution is 5.24. The Morgan fingerprint density at radius 2 is 2.50 bits per heavy atom. The summed E-state index contributed by atoms with van der Waals surface area (Å²) in [5.74, 6) is 6.01. The zero-order chi connectivity index (χ0) is 11.4. The molecule has 0 radical (unpaired) electrons. The summed E-state index contributed by atoms with van der Waals surface area (Å²) in [6, 6.07) is 0.483. The van der Waals surface area contributed by atoms with Gasteiger partial charge < -0.3 is 5.32 Å². The number of fused-ring (bicyclic) bond motifs is 1. The minimum atomic E-state index is 0.483. The van der Waals surface area contributed by atoms with E-state index >= 15 is 0 Å². The molecule has 1 heterocycles. The zero-order valence-electron chi connectivity index (χ0n) is 10.1. The molecule has 3 heteroatoms. The van der Waals surface area contributed by atoms with Crippen molar-refractivity contribution in [2.45, 2.75) is 38.6 Å². The quantitative estimate of drug-likeness (QED) is 0.618. The van der Waals surface area contributed by atoms with Crippen LogP contribution in [0.3, 0.4) is 0 Å². The largest absolute Gasteiger partial charge is 0.309 e. The molecule has 86 valence electrons. The number of hydrogen-bond donors (Lipinski definition) is 1. The Balaban J connectivity index is 1.98. The lowest BCUT2D eigenvalue weighted by molar-refractivity contribution is 0.458. The van der Waals surface area contributed by atoms with Crippen molar-refractivity contribution < 1.29 is 0 Å². The maximum absolute atomic E-state index is 4.34. The number of hydrogen-bond acceptors (Lipinski definition) is 2. The van der Waals surface area contributed by atoms with Gasteiger partial charge in [-0.1, -0.05) is 0 Å². The number of nitrogens with zero attached hydrogens (tertiary/aromatic N) is 2. The van der Waals surface area contributed by atoms with E-state index in [-0.39, 0.29) is 0 Å². The van der Waals surface area contributed by atoms with Crippen molar-refractivity contribution in [3.05, 3.63) is 17.5 Å². The summed E-state index contributed by atoms with van der Waals surface area (Å²) in [5, 5.41) is 7.91. The van der Waals surface area contributed by atoms with Gasteiger partial charge in [-0.3, -0.25) is 4.68 Å². The van der Waals surface area contributed by atoms with Crippen LogP contribution in [-0.4, -0.2) is 16.3 Å². The molecule has 1 unspecified atom stereocenters. The van der Waals surface area contributed by atoms with Gasteiger partial charge in [-0.2, -0.15) is 5.10 Å². The summed E-state index contributed by atoms with van der Waals surface area (Å²) in [5.41, 5.74) is 2.78. The molecular weight excluding hydrogens is 198 g/mol. The van der Waals surface area contributed by atoms with Gasteiger partial charge in [0.25, 0.3) is 0 Å². The molecule has 0 spiro atoms. The molecule has 1 aromatic heterocycles. The average molecular weight is 217 g/mol. The first kappa shape index (κ1) is 11.2. The number of rotatable bonds is 3. The van der Waals surface area contributed by atoms with Crippen LogP contribution in [0, 0.1) is 11.8 Å². The van der Waals surface area contributed by atoms with E-state index in [4.69, 9.17) is 0 Å². The third kappa shape index (κ3) is 2.28. The highest BCUT2D eigenvalue weighted by Crippen LogP contribution is 2.28. The smallest absolute Gasteiger partial charge is 0.0540 e. The Bertz CT molecular complexity index is 409. The third-order valence-electron chi connectivity index (χ3n) is 3.19. The lowest BCUT2D eigenvalue weighted by Gasteiger charge is -2.23. The van der Waals surface area contributed by atoms with Crippen molar-refractivity contribution in [1.29, 1.82) is 0 Å². The molecule has 0 saturated heterocycles. The Kier molecular flexibility index (Phi) is 3.63. The van der Waals surface area contributed by atoms with Gasteiger partial charge in [-0.25, -0.2) is 0 Å². The van der Waals surface area contributed by atoms with E-state index < -0.39 is 0 Å². The monoisotopic (exact) mass is 217 g/mol. The van der Waals surface area contributed by atoms with E-state index in [1.54, 1.807) is 0 Å². The molecule has 0 aliphatic heterocycles. The third-order valence-corrected chi connectivity index (χ3v) is 3.19. The molecule has 1 aromatic rings. The normalized spacial score (nSPS) is 18.8. The molecule has 1 aliphatic carbocycles. The summed E-state index contributed by atoms with van der Waals surface area (Å²) in [6.07, 6.45) is 6.58. The van der Waals surface area contributed by atoms with Crippen LogP contribution in [0.4, 0.5) is 0 Å². The molecule has 0 fully saturated rings. The van der Waals surface area contributed by atoms with E-state index in [1.165, 1.54) is 30.5 Å². The molecule has 2 rings (SSSR count). The Morgan fingerprint density at radius 3 is 3.31 bits per heavy atom. The average Bonchev–Trinajstić information content (AvgIpc) is 2.68. The highest BCUT2D eigenvalue weighted by Gasteiger charge is 2.22. The predicted octanol–water partition coefficient (Wildman–Crippen LogP) is 1.80. The van der Waals surface area contributed by atoms with Crippen LogP contribution in [0.5, 0.6) is 0 Å². The van der Waals surface area contributed by atoms with E-state index in [0.717, 1.165) is 13.0 Å². The second kappa shape index (κ2) is 5.18. The van der Waals surface area contributed by atoms with Crippen molar-refractivity contribution in [1.82, 2.24) is 15.1 Å². The van der Waals surface area contributed by atoms with Gasteiger partial charge in [0.2, 0.25) is 0 Å². The summed E-state index contributed by atoms with van der Waals surface area (Å²) in [6.45, 7) is 2.86.